The lowest BCUT2D eigenvalue weighted by atomic mass is 9.85. The third-order valence-electron chi connectivity index (χ3n) is 3.91. The first kappa shape index (κ1) is 18.0. The number of allylic oxidation sites excluding steroid dienone is 1. The van der Waals surface area contributed by atoms with Crippen LogP contribution in [0.5, 0.6) is 0 Å². The topological polar surface area (TPSA) is 73.3 Å². The summed E-state index contributed by atoms with van der Waals surface area (Å²) in [7, 11) is 0. The van der Waals surface area contributed by atoms with E-state index in [0.717, 1.165) is 42.0 Å². The van der Waals surface area contributed by atoms with Crippen molar-refractivity contribution in [3.8, 4) is 0 Å². The predicted octanol–water partition coefficient (Wildman–Crippen LogP) is 2.86. The van der Waals surface area contributed by atoms with Crippen molar-refractivity contribution in [2.24, 2.45) is 17.4 Å². The van der Waals surface area contributed by atoms with Crippen LogP contribution in [-0.4, -0.2) is 23.8 Å². The van der Waals surface area contributed by atoms with Crippen LogP contribution < -0.4 is 16.8 Å². The summed E-state index contributed by atoms with van der Waals surface area (Å²) in [5, 5.41) is 3.10. The van der Waals surface area contributed by atoms with Crippen LogP contribution >= 0.6 is 22.6 Å². The number of alkyl halides is 1. The second kappa shape index (κ2) is 11.6. The van der Waals surface area contributed by atoms with Gasteiger partial charge in [0.1, 0.15) is 0 Å². The first-order chi connectivity index (χ1) is 9.76. The summed E-state index contributed by atoms with van der Waals surface area (Å²) in [6.07, 6.45) is 12.0. The fraction of sp³-hybridized carbons (Fsp3) is 0.867. The van der Waals surface area contributed by atoms with E-state index in [0.29, 0.717) is 6.54 Å². The predicted molar refractivity (Wildman–Crippen MR) is 93.5 cm³/mol. The molecule has 0 saturated heterocycles. The van der Waals surface area contributed by atoms with E-state index in [-0.39, 0.29) is 6.10 Å². The average Bonchev–Trinajstić information content (AvgIpc) is 2.49. The van der Waals surface area contributed by atoms with Crippen molar-refractivity contribution in [3.05, 3.63) is 11.9 Å². The van der Waals surface area contributed by atoms with Crippen molar-refractivity contribution < 1.29 is 4.74 Å². The van der Waals surface area contributed by atoms with E-state index in [9.17, 15) is 0 Å². The van der Waals surface area contributed by atoms with Crippen molar-refractivity contribution in [2.75, 3.05) is 17.7 Å². The van der Waals surface area contributed by atoms with Gasteiger partial charge in [0, 0.05) is 25.0 Å². The minimum absolute atomic E-state index is 0.232. The van der Waals surface area contributed by atoms with Crippen LogP contribution in [0.4, 0.5) is 0 Å². The Balaban J connectivity index is 2.11. The number of hydrogen-bond acceptors (Lipinski definition) is 4. The number of rotatable bonds is 10. The van der Waals surface area contributed by atoms with E-state index in [4.69, 9.17) is 16.2 Å². The molecule has 118 valence electrons. The molecule has 0 bridgehead atoms. The first-order valence-electron chi connectivity index (χ1n) is 7.81. The third kappa shape index (κ3) is 8.32. The molecule has 5 N–H and O–H groups in total. The van der Waals surface area contributed by atoms with Crippen molar-refractivity contribution in [1.29, 1.82) is 0 Å². The third-order valence-corrected chi connectivity index (χ3v) is 4.35. The largest absolute Gasteiger partial charge is 0.401 e. The lowest BCUT2D eigenvalue weighted by Crippen LogP contribution is -2.27. The Kier molecular flexibility index (Phi) is 10.5. The molecule has 1 rings (SSSR count). The maximum Gasteiger partial charge on any atom is 0.0699 e. The highest BCUT2D eigenvalue weighted by atomic mass is 127. The first-order valence-corrected chi connectivity index (χ1v) is 9.34. The Bertz CT molecular complexity index is 268. The summed E-state index contributed by atoms with van der Waals surface area (Å²) in [4.78, 5) is 0. The van der Waals surface area contributed by atoms with Gasteiger partial charge in [0.2, 0.25) is 0 Å². The molecule has 1 aliphatic rings. The molecular formula is C15H30IN3O. The van der Waals surface area contributed by atoms with E-state index in [1.54, 1.807) is 0 Å². The van der Waals surface area contributed by atoms with Gasteiger partial charge in [-0.3, -0.25) is 0 Å². The number of nitrogens with two attached hydrogens (primary N) is 2. The SMILES string of the molecule is NCC(CC1CCCCC1)OCCC/C(N)=C/NCI. The molecule has 1 unspecified atom stereocenters. The second-order valence-electron chi connectivity index (χ2n) is 5.63. The molecular weight excluding hydrogens is 365 g/mol. The van der Waals surface area contributed by atoms with Crippen LogP contribution in [0.25, 0.3) is 0 Å². The van der Waals surface area contributed by atoms with Crippen LogP contribution in [0.2, 0.25) is 0 Å². The van der Waals surface area contributed by atoms with Gasteiger partial charge in [-0.15, -0.1) is 0 Å². The zero-order chi connectivity index (χ0) is 14.6. The molecule has 0 aromatic carbocycles. The Morgan fingerprint density at radius 3 is 2.75 bits per heavy atom. The van der Waals surface area contributed by atoms with Crippen LogP contribution in [0.15, 0.2) is 11.9 Å². The summed E-state index contributed by atoms with van der Waals surface area (Å²) in [5.74, 6) is 0.829. The fourth-order valence-electron chi connectivity index (χ4n) is 2.80. The normalized spacial score (nSPS) is 19.0. The molecule has 1 fully saturated rings. The minimum Gasteiger partial charge on any atom is -0.401 e. The quantitative estimate of drug-likeness (QED) is 0.230. The van der Waals surface area contributed by atoms with Gasteiger partial charge in [-0.25, -0.2) is 0 Å². The zero-order valence-corrected chi connectivity index (χ0v) is 14.6. The average molecular weight is 395 g/mol. The van der Waals surface area contributed by atoms with Crippen molar-refractivity contribution in [1.82, 2.24) is 5.32 Å². The molecule has 4 nitrogen and oxygen atoms in total. The molecule has 0 aromatic heterocycles. The van der Waals surface area contributed by atoms with Crippen LogP contribution in [0, 0.1) is 5.92 Å². The van der Waals surface area contributed by atoms with E-state index in [1.807, 2.05) is 6.20 Å². The van der Waals surface area contributed by atoms with E-state index < -0.39 is 0 Å². The van der Waals surface area contributed by atoms with Crippen LogP contribution in [-0.2, 0) is 4.74 Å². The summed E-state index contributed by atoms with van der Waals surface area (Å²) in [5.41, 5.74) is 12.6. The Morgan fingerprint density at radius 2 is 2.10 bits per heavy atom. The molecule has 1 aliphatic carbocycles. The van der Waals surface area contributed by atoms with Gasteiger partial charge < -0.3 is 21.5 Å². The maximum absolute atomic E-state index is 5.92. The smallest absolute Gasteiger partial charge is 0.0699 e. The number of nitrogens with one attached hydrogen (secondary N) is 1. The van der Waals surface area contributed by atoms with Crippen molar-refractivity contribution in [3.63, 3.8) is 0 Å². The van der Waals surface area contributed by atoms with Gasteiger partial charge in [-0.05, 0) is 25.2 Å². The lowest BCUT2D eigenvalue weighted by Gasteiger charge is -2.26. The Hall–Kier alpha value is -0.0100. The summed E-state index contributed by atoms with van der Waals surface area (Å²) in [6, 6.07) is 0. The van der Waals surface area contributed by atoms with Crippen LogP contribution in [0.3, 0.4) is 0 Å². The highest BCUT2D eigenvalue weighted by molar-refractivity contribution is 14.1. The molecule has 0 heterocycles. The van der Waals surface area contributed by atoms with E-state index in [1.165, 1.54) is 32.1 Å². The molecule has 1 atom stereocenters. The van der Waals surface area contributed by atoms with Gasteiger partial charge >= 0.3 is 0 Å². The summed E-state index contributed by atoms with van der Waals surface area (Å²) < 4.78 is 6.80. The Labute approximate surface area is 137 Å². The Morgan fingerprint density at radius 1 is 1.35 bits per heavy atom. The number of ether oxygens (including phenoxy) is 1. The molecule has 5 heteroatoms. The van der Waals surface area contributed by atoms with Crippen molar-refractivity contribution >= 4 is 22.6 Å². The summed E-state index contributed by atoms with van der Waals surface area (Å²) in [6.45, 7) is 1.39. The van der Waals surface area contributed by atoms with Gasteiger partial charge in [-0.1, -0.05) is 54.7 Å². The maximum atomic E-state index is 5.92. The zero-order valence-electron chi connectivity index (χ0n) is 12.5. The molecule has 0 amide bonds. The molecule has 0 radical (unpaired) electrons. The van der Waals surface area contributed by atoms with E-state index >= 15 is 0 Å². The van der Waals surface area contributed by atoms with Gasteiger partial charge in [0.05, 0.1) is 10.7 Å². The molecule has 0 spiro atoms. The second-order valence-corrected chi connectivity index (χ2v) is 6.39. The number of hydrogen-bond donors (Lipinski definition) is 3. The summed E-state index contributed by atoms with van der Waals surface area (Å²) >= 11 is 2.26. The highest BCUT2D eigenvalue weighted by Gasteiger charge is 2.18. The molecule has 20 heavy (non-hydrogen) atoms. The van der Waals surface area contributed by atoms with Gasteiger partial charge in [0.15, 0.2) is 0 Å². The van der Waals surface area contributed by atoms with Crippen molar-refractivity contribution in [2.45, 2.75) is 57.5 Å². The minimum atomic E-state index is 0.232. The van der Waals surface area contributed by atoms with Gasteiger partial charge in [-0.2, -0.15) is 0 Å². The van der Waals surface area contributed by atoms with Gasteiger partial charge in [0.25, 0.3) is 0 Å². The fourth-order valence-corrected chi connectivity index (χ4v) is 3.02. The van der Waals surface area contributed by atoms with Crippen LogP contribution in [0.1, 0.15) is 51.4 Å². The molecule has 1 saturated carbocycles. The molecule has 0 aromatic rings. The lowest BCUT2D eigenvalue weighted by molar-refractivity contribution is 0.0363. The highest BCUT2D eigenvalue weighted by Crippen LogP contribution is 2.27. The number of halogens is 1. The standard InChI is InChI=1S/C15H30IN3O/c16-12-19-11-14(18)7-4-8-20-15(10-17)9-13-5-2-1-3-6-13/h11,13,15,19H,1-10,12,17-18H2/b14-11-. The monoisotopic (exact) mass is 395 g/mol. The molecule has 0 aliphatic heterocycles. The van der Waals surface area contributed by atoms with E-state index in [2.05, 4.69) is 27.9 Å².